The highest BCUT2D eigenvalue weighted by atomic mass is 32.1. The number of hydrogen-bond donors (Lipinski definition) is 2. The fourth-order valence-corrected chi connectivity index (χ4v) is 3.98. The highest BCUT2D eigenvalue weighted by molar-refractivity contribution is 7.80. The smallest absolute Gasteiger partial charge is 0.253 e. The average molecular weight is 424 g/mol. The van der Waals surface area contributed by atoms with Crippen LogP contribution in [0.1, 0.15) is 48.0 Å². The first-order valence-corrected chi connectivity index (χ1v) is 11.0. The van der Waals surface area contributed by atoms with Gasteiger partial charge in [0.25, 0.3) is 5.91 Å². The van der Waals surface area contributed by atoms with Gasteiger partial charge in [0.05, 0.1) is 11.3 Å². The zero-order valence-electron chi connectivity index (χ0n) is 17.4. The van der Waals surface area contributed by atoms with Crippen LogP contribution in [0.15, 0.2) is 54.6 Å². The second kappa shape index (κ2) is 10.9. The second-order valence-corrected chi connectivity index (χ2v) is 8.08. The van der Waals surface area contributed by atoms with Gasteiger partial charge in [-0.25, -0.2) is 0 Å². The third-order valence-electron chi connectivity index (χ3n) is 5.56. The van der Waals surface area contributed by atoms with Crippen molar-refractivity contribution in [1.82, 2.24) is 10.6 Å². The number of amides is 2. The van der Waals surface area contributed by atoms with Gasteiger partial charge in [-0.05, 0) is 49.2 Å². The lowest BCUT2D eigenvalue weighted by molar-refractivity contribution is -0.124. The molecule has 2 aromatic carbocycles. The lowest BCUT2D eigenvalue weighted by Crippen LogP contribution is -2.44. The molecule has 1 saturated carbocycles. The average Bonchev–Trinajstić information content (AvgIpc) is 2.79. The molecule has 1 aliphatic carbocycles. The van der Waals surface area contributed by atoms with Gasteiger partial charge in [0.15, 0.2) is 5.11 Å². The maximum Gasteiger partial charge on any atom is 0.253 e. The minimum Gasteiger partial charge on any atom is -0.352 e. The number of benzene rings is 2. The first-order chi connectivity index (χ1) is 14.6. The fourth-order valence-electron chi connectivity index (χ4n) is 3.78. The predicted octanol–water partition coefficient (Wildman–Crippen LogP) is 4.08. The number of para-hydroxylation sites is 1. The van der Waals surface area contributed by atoms with Gasteiger partial charge in [-0.2, -0.15) is 0 Å². The summed E-state index contributed by atoms with van der Waals surface area (Å²) in [6, 6.07) is 17.3. The summed E-state index contributed by atoms with van der Waals surface area (Å²) < 4.78 is 0. The van der Waals surface area contributed by atoms with E-state index in [-0.39, 0.29) is 17.7 Å². The number of nitrogens with zero attached hydrogens (tertiary/aromatic N) is 1. The molecule has 158 valence electrons. The van der Waals surface area contributed by atoms with Gasteiger partial charge < -0.3 is 15.5 Å². The van der Waals surface area contributed by atoms with E-state index in [1.807, 2.05) is 48.5 Å². The van der Waals surface area contributed by atoms with Crippen LogP contribution in [0.3, 0.4) is 0 Å². The van der Waals surface area contributed by atoms with Crippen LogP contribution in [0.2, 0.25) is 0 Å². The van der Waals surface area contributed by atoms with Gasteiger partial charge in [-0.1, -0.05) is 61.7 Å². The first kappa shape index (κ1) is 22.0. The number of nitrogens with one attached hydrogen (secondary N) is 2. The van der Waals surface area contributed by atoms with E-state index in [1.54, 1.807) is 18.0 Å². The molecule has 0 atom stereocenters. The Morgan fingerprint density at radius 3 is 2.40 bits per heavy atom. The molecule has 2 N–H and O–H groups in total. The van der Waals surface area contributed by atoms with E-state index in [0.29, 0.717) is 22.9 Å². The molecule has 6 heteroatoms. The van der Waals surface area contributed by atoms with E-state index in [0.717, 1.165) is 32.1 Å². The molecule has 0 spiro atoms. The molecule has 0 heterocycles. The molecule has 0 aromatic heterocycles. The van der Waals surface area contributed by atoms with Crippen LogP contribution in [0.4, 0.5) is 5.69 Å². The van der Waals surface area contributed by atoms with Crippen molar-refractivity contribution in [2.75, 3.05) is 18.5 Å². The number of anilines is 1. The van der Waals surface area contributed by atoms with Crippen molar-refractivity contribution >= 4 is 34.8 Å². The molecular formula is C24H29N3O2S. The number of carbonyl (C=O) groups is 2. The largest absolute Gasteiger partial charge is 0.352 e. The highest BCUT2D eigenvalue weighted by Gasteiger charge is 2.23. The fraction of sp³-hybridized carbons (Fsp3) is 0.375. The second-order valence-electron chi connectivity index (χ2n) is 7.70. The van der Waals surface area contributed by atoms with Crippen molar-refractivity contribution < 1.29 is 9.59 Å². The van der Waals surface area contributed by atoms with Crippen LogP contribution >= 0.6 is 12.2 Å². The molecule has 0 aliphatic heterocycles. The monoisotopic (exact) mass is 423 g/mol. The lowest BCUT2D eigenvalue weighted by Gasteiger charge is -2.26. The predicted molar refractivity (Wildman–Crippen MR) is 125 cm³/mol. The maximum absolute atomic E-state index is 12.8. The Balaban J connectivity index is 1.60. The molecule has 0 bridgehead atoms. The number of rotatable bonds is 6. The molecule has 2 aromatic rings. The molecule has 1 fully saturated rings. The molecular weight excluding hydrogens is 394 g/mol. The minimum atomic E-state index is -0.158. The van der Waals surface area contributed by atoms with Gasteiger partial charge in [0.2, 0.25) is 5.91 Å². The summed E-state index contributed by atoms with van der Waals surface area (Å²) in [5.41, 5.74) is 2.38. The zero-order chi connectivity index (χ0) is 21.3. The summed E-state index contributed by atoms with van der Waals surface area (Å²) in [5.74, 6) is -0.146. The molecule has 0 unspecified atom stereocenters. The summed E-state index contributed by atoms with van der Waals surface area (Å²) in [5, 5.41) is 6.16. The number of carbonyl (C=O) groups excluding carboxylic acids is 2. The summed E-state index contributed by atoms with van der Waals surface area (Å²) in [6.07, 6.45) is 5.97. The van der Waals surface area contributed by atoms with Gasteiger partial charge in [-0.15, -0.1) is 0 Å². The first-order valence-electron chi connectivity index (χ1n) is 10.6. The third kappa shape index (κ3) is 5.89. The summed E-state index contributed by atoms with van der Waals surface area (Å²) in [6.45, 7) is 0.545. The van der Waals surface area contributed by atoms with Gasteiger partial charge in [0, 0.05) is 19.5 Å². The quantitative estimate of drug-likeness (QED) is 0.688. The van der Waals surface area contributed by atoms with Crippen molar-refractivity contribution in [1.29, 1.82) is 0 Å². The molecule has 1 aliphatic rings. The van der Waals surface area contributed by atoms with Crippen molar-refractivity contribution in [2.45, 2.75) is 38.5 Å². The normalized spacial score (nSPS) is 14.0. The van der Waals surface area contributed by atoms with Crippen LogP contribution in [0.5, 0.6) is 0 Å². The number of hydrogen-bond acceptors (Lipinski definition) is 3. The Labute approximate surface area is 183 Å². The maximum atomic E-state index is 12.8. The number of thiocarbonyl (C=S) groups is 1. The molecule has 5 nitrogen and oxygen atoms in total. The zero-order valence-corrected chi connectivity index (χ0v) is 18.2. The van der Waals surface area contributed by atoms with Gasteiger partial charge in [0.1, 0.15) is 0 Å². The third-order valence-corrected chi connectivity index (χ3v) is 5.94. The highest BCUT2D eigenvalue weighted by Crippen LogP contribution is 2.24. The Kier molecular flexibility index (Phi) is 7.97. The molecule has 2 amide bonds. The van der Waals surface area contributed by atoms with E-state index >= 15 is 0 Å². The van der Waals surface area contributed by atoms with Crippen molar-refractivity contribution in [2.24, 2.45) is 5.92 Å². The Morgan fingerprint density at radius 2 is 1.67 bits per heavy atom. The Morgan fingerprint density at radius 1 is 1.00 bits per heavy atom. The van der Waals surface area contributed by atoms with E-state index in [4.69, 9.17) is 12.2 Å². The van der Waals surface area contributed by atoms with E-state index < -0.39 is 0 Å². The van der Waals surface area contributed by atoms with Crippen molar-refractivity contribution in [3.63, 3.8) is 0 Å². The summed E-state index contributed by atoms with van der Waals surface area (Å²) in [7, 11) is 1.78. The van der Waals surface area contributed by atoms with Crippen LogP contribution < -0.4 is 15.5 Å². The minimum absolute atomic E-state index is 0.0173. The van der Waals surface area contributed by atoms with Crippen molar-refractivity contribution in [3.8, 4) is 0 Å². The Hall–Kier alpha value is -2.73. The molecule has 0 radical (unpaired) electrons. The van der Waals surface area contributed by atoms with Crippen LogP contribution in [-0.2, 0) is 11.2 Å². The van der Waals surface area contributed by atoms with Gasteiger partial charge >= 0.3 is 0 Å². The van der Waals surface area contributed by atoms with E-state index in [9.17, 15) is 9.59 Å². The summed E-state index contributed by atoms with van der Waals surface area (Å²) >= 11 is 5.46. The van der Waals surface area contributed by atoms with E-state index in [2.05, 4.69) is 10.6 Å². The van der Waals surface area contributed by atoms with Crippen LogP contribution in [0, 0.1) is 5.92 Å². The van der Waals surface area contributed by atoms with Crippen molar-refractivity contribution in [3.05, 3.63) is 65.7 Å². The van der Waals surface area contributed by atoms with Crippen LogP contribution in [0.25, 0.3) is 0 Å². The molecule has 0 saturated heterocycles. The van der Waals surface area contributed by atoms with E-state index in [1.165, 1.54) is 12.0 Å². The molecule has 30 heavy (non-hydrogen) atoms. The van der Waals surface area contributed by atoms with Gasteiger partial charge in [-0.3, -0.25) is 9.59 Å². The SMILES string of the molecule is CN(C(=S)NC(=O)C1CCCCC1)c1ccccc1C(=O)NCCc1ccccc1. The molecule has 3 rings (SSSR count). The summed E-state index contributed by atoms with van der Waals surface area (Å²) in [4.78, 5) is 27.0. The Bertz CT molecular complexity index is 879. The standard InChI is InChI=1S/C24H29N3O2S/c1-27(24(30)26-22(28)19-12-6-3-7-13-19)21-15-9-8-14-20(21)23(29)25-17-16-18-10-4-2-5-11-18/h2,4-5,8-11,14-15,19H,3,6-7,12-13,16-17H2,1H3,(H,25,29)(H,26,28,30). The topological polar surface area (TPSA) is 61.4 Å². The lowest BCUT2D eigenvalue weighted by atomic mass is 9.89. The van der Waals surface area contributed by atoms with Crippen LogP contribution in [-0.4, -0.2) is 30.5 Å².